The molecule has 11 heteroatoms. The third kappa shape index (κ3) is 6.69. The highest BCUT2D eigenvalue weighted by atomic mass is 32.2. The van der Waals surface area contributed by atoms with Gasteiger partial charge in [-0.2, -0.15) is 13.2 Å². The Morgan fingerprint density at radius 1 is 1.15 bits per heavy atom. The predicted molar refractivity (Wildman–Crippen MR) is 145 cm³/mol. The number of halogens is 3. The second-order valence-electron chi connectivity index (χ2n) is 11.3. The van der Waals surface area contributed by atoms with Crippen LogP contribution in [0.15, 0.2) is 41.4 Å². The lowest BCUT2D eigenvalue weighted by molar-refractivity contribution is -0.184. The summed E-state index contributed by atoms with van der Waals surface area (Å²) in [6, 6.07) is 7.76. The third-order valence-electron chi connectivity index (χ3n) is 8.27. The highest BCUT2D eigenvalue weighted by Crippen LogP contribution is 2.43. The molecule has 1 aromatic carbocycles. The van der Waals surface area contributed by atoms with E-state index in [2.05, 4.69) is 29.0 Å². The number of nitrogens with one attached hydrogen (secondary N) is 1. The van der Waals surface area contributed by atoms with E-state index in [0.717, 1.165) is 17.7 Å². The monoisotopic (exact) mass is 581 g/mol. The van der Waals surface area contributed by atoms with Crippen LogP contribution in [0.2, 0.25) is 0 Å². The number of pyridine rings is 1. The second-order valence-corrected chi connectivity index (χ2v) is 13.6. The zero-order valence-electron chi connectivity index (χ0n) is 23.1. The van der Waals surface area contributed by atoms with Gasteiger partial charge in [0.05, 0.1) is 34.9 Å². The number of nitrogens with zero attached hydrogens (tertiary/aromatic N) is 2. The van der Waals surface area contributed by atoms with Crippen molar-refractivity contribution in [1.29, 1.82) is 0 Å². The van der Waals surface area contributed by atoms with Crippen molar-refractivity contribution in [3.05, 3.63) is 58.9 Å². The minimum Gasteiger partial charge on any atom is -0.394 e. The largest absolute Gasteiger partial charge is 0.394 e. The van der Waals surface area contributed by atoms with Crippen molar-refractivity contribution in [3.8, 4) is 0 Å². The number of hydrogen-bond donors (Lipinski definition) is 2. The van der Waals surface area contributed by atoms with Gasteiger partial charge in [-0.3, -0.25) is 14.7 Å². The zero-order chi connectivity index (χ0) is 29.2. The smallest absolute Gasteiger partial charge is 0.391 e. The Bertz CT molecular complexity index is 1290. The maximum absolute atomic E-state index is 13.1. The number of benzene rings is 1. The van der Waals surface area contributed by atoms with Crippen molar-refractivity contribution in [2.24, 2.45) is 17.8 Å². The van der Waals surface area contributed by atoms with E-state index in [4.69, 9.17) is 0 Å². The number of rotatable bonds is 9. The maximum Gasteiger partial charge on any atom is 0.391 e. The number of carbonyl (C=O) groups excluding carboxylic acids is 1. The van der Waals surface area contributed by atoms with Gasteiger partial charge < -0.3 is 10.4 Å². The predicted octanol–water partition coefficient (Wildman–Crippen LogP) is 5.22. The van der Waals surface area contributed by atoms with Gasteiger partial charge in [-0.25, -0.2) is 8.42 Å². The minimum atomic E-state index is -4.11. The van der Waals surface area contributed by atoms with Gasteiger partial charge in [0, 0.05) is 30.9 Å². The fourth-order valence-electron chi connectivity index (χ4n) is 6.05. The van der Waals surface area contributed by atoms with Gasteiger partial charge in [0.1, 0.15) is 0 Å². The van der Waals surface area contributed by atoms with E-state index >= 15 is 0 Å². The Balaban J connectivity index is 1.44. The lowest BCUT2D eigenvalue weighted by Gasteiger charge is -2.35. The molecule has 1 amide bonds. The Hall–Kier alpha value is -2.50. The molecule has 2 atom stereocenters. The number of hydrogen-bond acceptors (Lipinski definition) is 6. The molecule has 0 unspecified atom stereocenters. The molecule has 0 spiro atoms. The van der Waals surface area contributed by atoms with E-state index < -0.39 is 34.6 Å². The Morgan fingerprint density at radius 2 is 1.85 bits per heavy atom. The average molecular weight is 582 g/mol. The van der Waals surface area contributed by atoms with Crippen molar-refractivity contribution in [3.63, 3.8) is 0 Å². The summed E-state index contributed by atoms with van der Waals surface area (Å²) in [5, 5.41) is 12.7. The van der Waals surface area contributed by atoms with Gasteiger partial charge in [0.2, 0.25) is 0 Å². The number of amides is 1. The standard InChI is InChI=1S/C29H38F3N3O4S/c1-4-40(38,39)23-10-12-25(33-14-23)26(17-36)34-28(37)20-7-11-24-21(13-20)16-35(27(24)18(2)3)15-19-5-8-22(9-6-19)29(30,31)32/h7,10-14,18-19,22,26-27,36H,4-6,8-9,15-17H2,1-3H3,(H,34,37)/t19?,22?,26-,27+/m0/s1. The lowest BCUT2D eigenvalue weighted by atomic mass is 9.81. The molecule has 0 bridgehead atoms. The number of aliphatic hydroxyl groups is 1. The summed E-state index contributed by atoms with van der Waals surface area (Å²) in [5.41, 5.74) is 2.92. The van der Waals surface area contributed by atoms with Crippen molar-refractivity contribution in [2.75, 3.05) is 18.9 Å². The Labute approximate surface area is 234 Å². The summed E-state index contributed by atoms with van der Waals surface area (Å²) in [6.07, 6.45) is -1.38. The van der Waals surface area contributed by atoms with Crippen molar-refractivity contribution >= 4 is 15.7 Å². The van der Waals surface area contributed by atoms with Gasteiger partial charge in [-0.15, -0.1) is 0 Å². The van der Waals surface area contributed by atoms with E-state index in [1.165, 1.54) is 18.3 Å². The number of fused-ring (bicyclic) bond motifs is 1. The van der Waals surface area contributed by atoms with Crippen LogP contribution < -0.4 is 5.32 Å². The average Bonchev–Trinajstić information content (AvgIpc) is 3.28. The van der Waals surface area contributed by atoms with Crippen LogP contribution in [0.1, 0.15) is 85.7 Å². The number of alkyl halides is 3. The van der Waals surface area contributed by atoms with Crippen LogP contribution >= 0.6 is 0 Å². The van der Waals surface area contributed by atoms with E-state index in [9.17, 15) is 31.5 Å². The summed E-state index contributed by atoms with van der Waals surface area (Å²) in [4.78, 5) is 19.7. The molecule has 1 aromatic heterocycles. The Morgan fingerprint density at radius 3 is 2.40 bits per heavy atom. The summed E-state index contributed by atoms with van der Waals surface area (Å²) in [5.74, 6) is -1.13. The van der Waals surface area contributed by atoms with Crippen LogP contribution in [0.3, 0.4) is 0 Å². The van der Waals surface area contributed by atoms with Crippen LogP contribution in [0.25, 0.3) is 0 Å². The first-order valence-electron chi connectivity index (χ1n) is 13.9. The van der Waals surface area contributed by atoms with Crippen LogP contribution in [0.5, 0.6) is 0 Å². The molecule has 2 aliphatic rings. The lowest BCUT2D eigenvalue weighted by Crippen LogP contribution is -2.34. The molecule has 40 heavy (non-hydrogen) atoms. The number of aromatic nitrogens is 1. The molecule has 1 aliphatic carbocycles. The van der Waals surface area contributed by atoms with Crippen LogP contribution in [-0.2, 0) is 16.4 Å². The highest BCUT2D eigenvalue weighted by molar-refractivity contribution is 7.91. The van der Waals surface area contributed by atoms with E-state index in [1.54, 1.807) is 13.0 Å². The minimum absolute atomic E-state index is 0.0548. The van der Waals surface area contributed by atoms with E-state index in [0.29, 0.717) is 30.6 Å². The summed E-state index contributed by atoms with van der Waals surface area (Å²) >= 11 is 0. The molecule has 7 nitrogen and oxygen atoms in total. The fourth-order valence-corrected chi connectivity index (χ4v) is 6.87. The summed E-state index contributed by atoms with van der Waals surface area (Å²) in [6.45, 7) is 6.74. The fraction of sp³-hybridized carbons (Fsp3) is 0.586. The topological polar surface area (TPSA) is 99.6 Å². The summed E-state index contributed by atoms with van der Waals surface area (Å²) in [7, 11) is -3.41. The second kappa shape index (κ2) is 12.2. The molecule has 2 heterocycles. The molecule has 4 rings (SSSR count). The molecule has 0 radical (unpaired) electrons. The number of aliphatic hydroxyl groups excluding tert-OH is 1. The van der Waals surface area contributed by atoms with Crippen LogP contribution in [0, 0.1) is 17.8 Å². The van der Waals surface area contributed by atoms with Crippen molar-refractivity contribution < 1.29 is 31.5 Å². The molecule has 0 saturated heterocycles. The molecule has 220 valence electrons. The molecule has 1 fully saturated rings. The van der Waals surface area contributed by atoms with E-state index in [-0.39, 0.29) is 47.3 Å². The van der Waals surface area contributed by atoms with Crippen molar-refractivity contribution in [2.45, 2.75) is 76.2 Å². The molecular formula is C29H38F3N3O4S. The first-order valence-corrected chi connectivity index (χ1v) is 15.5. The highest BCUT2D eigenvalue weighted by Gasteiger charge is 2.42. The summed E-state index contributed by atoms with van der Waals surface area (Å²) < 4.78 is 63.4. The first kappa shape index (κ1) is 30.5. The molecule has 1 saturated carbocycles. The SMILES string of the molecule is CCS(=O)(=O)c1ccc([C@H](CO)NC(=O)c2ccc3c(c2)CN(CC2CCC(C(F)(F)F)CC2)[C@@H]3C(C)C)nc1. The van der Waals surface area contributed by atoms with Gasteiger partial charge >= 0.3 is 6.18 Å². The molecular weight excluding hydrogens is 543 g/mol. The third-order valence-corrected chi connectivity index (χ3v) is 9.99. The van der Waals surface area contributed by atoms with Gasteiger partial charge in [0.25, 0.3) is 5.91 Å². The molecule has 2 N–H and O–H groups in total. The van der Waals surface area contributed by atoms with Gasteiger partial charge in [-0.05, 0) is 72.9 Å². The number of carbonyl (C=O) groups is 1. The van der Waals surface area contributed by atoms with Crippen LogP contribution in [-0.4, -0.2) is 54.4 Å². The van der Waals surface area contributed by atoms with Crippen molar-refractivity contribution in [1.82, 2.24) is 15.2 Å². The first-order chi connectivity index (χ1) is 18.8. The zero-order valence-corrected chi connectivity index (χ0v) is 23.9. The van der Waals surface area contributed by atoms with E-state index in [1.807, 2.05) is 12.1 Å². The molecule has 2 aromatic rings. The maximum atomic E-state index is 13.1. The molecule has 1 aliphatic heterocycles. The number of sulfone groups is 1. The van der Waals surface area contributed by atoms with Gasteiger partial charge in [0.15, 0.2) is 9.84 Å². The van der Waals surface area contributed by atoms with Crippen LogP contribution in [0.4, 0.5) is 13.2 Å². The van der Waals surface area contributed by atoms with Gasteiger partial charge in [-0.1, -0.05) is 26.8 Å². The normalized spacial score (nSPS) is 22.8. The Kier molecular flexibility index (Phi) is 9.26. The quantitative estimate of drug-likeness (QED) is 0.421.